The zero-order valence-corrected chi connectivity index (χ0v) is 11.7. The number of benzene rings is 1. The van der Waals surface area contributed by atoms with E-state index in [0.717, 1.165) is 5.56 Å². The third-order valence-electron chi connectivity index (χ3n) is 3.32. The molecule has 0 spiro atoms. The molecule has 0 aliphatic carbocycles. The Hall–Kier alpha value is -1.88. The van der Waals surface area contributed by atoms with E-state index in [1.165, 1.54) is 7.11 Å². The van der Waals surface area contributed by atoms with Crippen LogP contribution in [0, 0.1) is 0 Å². The molecule has 0 saturated heterocycles. The first-order valence-corrected chi connectivity index (χ1v) is 6.12. The Balaban J connectivity index is 2.81. The fraction of sp³-hybridized carbons (Fsp3) is 0.429. The van der Waals surface area contributed by atoms with Gasteiger partial charge in [-0.3, -0.25) is 4.79 Å². The van der Waals surface area contributed by atoms with Crippen LogP contribution in [0.1, 0.15) is 32.8 Å². The lowest BCUT2D eigenvalue weighted by Crippen LogP contribution is -2.41. The fourth-order valence-electron chi connectivity index (χ4n) is 1.51. The fourth-order valence-corrected chi connectivity index (χ4v) is 1.51. The molecule has 5 nitrogen and oxygen atoms in total. The molecule has 5 heteroatoms. The van der Waals surface area contributed by atoms with Gasteiger partial charge in [0.2, 0.25) is 0 Å². The minimum absolute atomic E-state index is 0.183. The lowest BCUT2D eigenvalue weighted by Gasteiger charge is -2.25. The maximum atomic E-state index is 12.1. The number of ether oxygens (including phenoxy) is 1. The van der Waals surface area contributed by atoms with Gasteiger partial charge in [0.1, 0.15) is 5.60 Å². The zero-order valence-electron chi connectivity index (χ0n) is 11.7. The quantitative estimate of drug-likeness (QED) is 0.488. The van der Waals surface area contributed by atoms with Crippen molar-refractivity contribution < 1.29 is 14.7 Å². The van der Waals surface area contributed by atoms with E-state index in [0.29, 0.717) is 17.8 Å². The second kappa shape index (κ2) is 6.33. The lowest BCUT2D eigenvalue weighted by atomic mass is 10.0. The summed E-state index contributed by atoms with van der Waals surface area (Å²) in [5, 5.41) is 14.6. The predicted octanol–water partition coefficient (Wildman–Crippen LogP) is 2.64. The van der Waals surface area contributed by atoms with Gasteiger partial charge >= 0.3 is 0 Å². The maximum Gasteiger partial charge on any atom is 0.256 e. The molecule has 1 unspecified atom stereocenters. The van der Waals surface area contributed by atoms with E-state index in [9.17, 15) is 4.79 Å². The standard InChI is InChI=1S/C14H20N2O3/c1-5-14(3,19-4)13(17)15-12-8-6-11(7-9-12)10(2)16-18/h6-9,18H,5H2,1-4H3,(H,15,17)/b16-10+. The predicted molar refractivity (Wildman–Crippen MR) is 74.8 cm³/mol. The molecule has 0 heterocycles. The highest BCUT2D eigenvalue weighted by Gasteiger charge is 2.30. The third-order valence-corrected chi connectivity index (χ3v) is 3.32. The molecule has 0 fully saturated rings. The number of rotatable bonds is 5. The number of amides is 1. The molecule has 1 aromatic carbocycles. The van der Waals surface area contributed by atoms with Crippen molar-refractivity contribution in [2.45, 2.75) is 32.8 Å². The van der Waals surface area contributed by atoms with E-state index < -0.39 is 5.60 Å². The van der Waals surface area contributed by atoms with Crippen molar-refractivity contribution in [1.29, 1.82) is 0 Å². The molecule has 104 valence electrons. The molecule has 0 bridgehead atoms. The van der Waals surface area contributed by atoms with Crippen LogP contribution in [0.3, 0.4) is 0 Å². The Labute approximate surface area is 113 Å². The monoisotopic (exact) mass is 264 g/mol. The molecule has 1 rings (SSSR count). The van der Waals surface area contributed by atoms with E-state index in [1.807, 2.05) is 6.92 Å². The van der Waals surface area contributed by atoms with E-state index in [-0.39, 0.29) is 5.91 Å². The molecule has 1 amide bonds. The minimum Gasteiger partial charge on any atom is -0.411 e. The van der Waals surface area contributed by atoms with Crippen LogP contribution in [0.25, 0.3) is 0 Å². The Morgan fingerprint density at radius 3 is 2.42 bits per heavy atom. The number of oxime groups is 1. The van der Waals surface area contributed by atoms with Crippen molar-refractivity contribution in [2.24, 2.45) is 5.16 Å². The Morgan fingerprint density at radius 2 is 2.00 bits per heavy atom. The summed E-state index contributed by atoms with van der Waals surface area (Å²) in [4.78, 5) is 12.1. The number of methoxy groups -OCH3 is 1. The average molecular weight is 264 g/mol. The third kappa shape index (κ3) is 3.54. The van der Waals surface area contributed by atoms with Gasteiger partial charge in [-0.1, -0.05) is 24.2 Å². The van der Waals surface area contributed by atoms with Gasteiger partial charge in [0.25, 0.3) is 5.91 Å². The topological polar surface area (TPSA) is 70.9 Å². The molecule has 1 atom stereocenters. The van der Waals surface area contributed by atoms with Crippen LogP contribution >= 0.6 is 0 Å². The number of carbonyl (C=O) groups excluding carboxylic acids is 1. The van der Waals surface area contributed by atoms with Gasteiger partial charge in [0.15, 0.2) is 0 Å². The number of hydrogen-bond donors (Lipinski definition) is 2. The second-order valence-corrected chi connectivity index (χ2v) is 4.51. The largest absolute Gasteiger partial charge is 0.411 e. The van der Waals surface area contributed by atoms with Crippen LogP contribution in [0.5, 0.6) is 0 Å². The van der Waals surface area contributed by atoms with Crippen LogP contribution in [0.4, 0.5) is 5.69 Å². The summed E-state index contributed by atoms with van der Waals surface area (Å²) in [6.45, 7) is 5.35. The highest BCUT2D eigenvalue weighted by atomic mass is 16.5. The summed E-state index contributed by atoms with van der Waals surface area (Å²) in [6, 6.07) is 7.07. The Morgan fingerprint density at radius 1 is 1.42 bits per heavy atom. The van der Waals surface area contributed by atoms with E-state index in [1.54, 1.807) is 38.1 Å². The Kier molecular flexibility index (Phi) is 5.06. The molecule has 0 aliphatic rings. The van der Waals surface area contributed by atoms with Gasteiger partial charge < -0.3 is 15.3 Å². The Bertz CT molecular complexity index is 462. The summed E-state index contributed by atoms with van der Waals surface area (Å²) < 4.78 is 5.24. The second-order valence-electron chi connectivity index (χ2n) is 4.51. The van der Waals surface area contributed by atoms with Crippen LogP contribution in [-0.4, -0.2) is 29.5 Å². The van der Waals surface area contributed by atoms with Crippen molar-refractivity contribution in [3.63, 3.8) is 0 Å². The van der Waals surface area contributed by atoms with E-state index in [2.05, 4.69) is 10.5 Å². The van der Waals surface area contributed by atoms with Gasteiger partial charge in [0, 0.05) is 12.8 Å². The molecule has 1 aromatic rings. The lowest BCUT2D eigenvalue weighted by molar-refractivity contribution is -0.136. The molecule has 0 aliphatic heterocycles. The number of nitrogens with zero attached hydrogens (tertiary/aromatic N) is 1. The van der Waals surface area contributed by atoms with Crippen LogP contribution in [0.15, 0.2) is 29.4 Å². The molecule has 19 heavy (non-hydrogen) atoms. The molecule has 2 N–H and O–H groups in total. The summed E-state index contributed by atoms with van der Waals surface area (Å²) in [5.41, 5.74) is 1.16. The first kappa shape index (κ1) is 15.2. The van der Waals surface area contributed by atoms with Crippen molar-refractivity contribution in [3.8, 4) is 0 Å². The van der Waals surface area contributed by atoms with Gasteiger partial charge in [-0.15, -0.1) is 0 Å². The normalized spacial score (nSPS) is 14.8. The number of hydrogen-bond acceptors (Lipinski definition) is 4. The smallest absolute Gasteiger partial charge is 0.256 e. The van der Waals surface area contributed by atoms with Gasteiger partial charge in [-0.25, -0.2) is 0 Å². The van der Waals surface area contributed by atoms with Crippen LogP contribution in [-0.2, 0) is 9.53 Å². The number of anilines is 1. The highest BCUT2D eigenvalue weighted by Crippen LogP contribution is 2.18. The number of nitrogens with one attached hydrogen (secondary N) is 1. The molecular formula is C14H20N2O3. The zero-order chi connectivity index (χ0) is 14.5. The summed E-state index contributed by atoms with van der Waals surface area (Å²) in [6.07, 6.45) is 0.587. The minimum atomic E-state index is -0.832. The summed E-state index contributed by atoms with van der Waals surface area (Å²) in [7, 11) is 1.52. The van der Waals surface area contributed by atoms with Gasteiger partial charge in [0.05, 0.1) is 5.71 Å². The first-order valence-electron chi connectivity index (χ1n) is 6.12. The number of carbonyl (C=O) groups is 1. The van der Waals surface area contributed by atoms with Crippen molar-refractivity contribution in [1.82, 2.24) is 0 Å². The average Bonchev–Trinajstić information content (AvgIpc) is 2.46. The van der Waals surface area contributed by atoms with Crippen molar-refractivity contribution >= 4 is 17.3 Å². The molecule has 0 radical (unpaired) electrons. The molecule has 0 aromatic heterocycles. The molecular weight excluding hydrogens is 244 g/mol. The van der Waals surface area contributed by atoms with Crippen LogP contribution < -0.4 is 5.32 Å². The van der Waals surface area contributed by atoms with Gasteiger partial charge in [-0.05, 0) is 38.0 Å². The maximum absolute atomic E-state index is 12.1. The summed E-state index contributed by atoms with van der Waals surface area (Å²) in [5.74, 6) is -0.183. The van der Waals surface area contributed by atoms with Gasteiger partial charge in [-0.2, -0.15) is 0 Å². The summed E-state index contributed by atoms with van der Waals surface area (Å²) >= 11 is 0. The first-order chi connectivity index (χ1) is 8.96. The van der Waals surface area contributed by atoms with Crippen molar-refractivity contribution in [2.75, 3.05) is 12.4 Å². The van der Waals surface area contributed by atoms with E-state index in [4.69, 9.17) is 9.94 Å². The molecule has 0 saturated carbocycles. The highest BCUT2D eigenvalue weighted by molar-refractivity contribution is 6.00. The van der Waals surface area contributed by atoms with Crippen LogP contribution in [0.2, 0.25) is 0 Å². The van der Waals surface area contributed by atoms with Crippen molar-refractivity contribution in [3.05, 3.63) is 29.8 Å². The van der Waals surface area contributed by atoms with E-state index >= 15 is 0 Å². The SMILES string of the molecule is CCC(C)(OC)C(=O)Nc1ccc(/C(C)=N/O)cc1.